The first kappa shape index (κ1) is 18.3. The molecule has 0 aromatic heterocycles. The van der Waals surface area contributed by atoms with Crippen LogP contribution in [0.1, 0.15) is 49.9 Å². The number of hydrogen-bond acceptors (Lipinski definition) is 3. The highest BCUT2D eigenvalue weighted by atomic mass is 16.5. The van der Waals surface area contributed by atoms with E-state index in [-0.39, 0.29) is 11.8 Å². The van der Waals surface area contributed by atoms with E-state index in [0.29, 0.717) is 23.7 Å². The van der Waals surface area contributed by atoms with Crippen molar-refractivity contribution in [3.8, 4) is 5.75 Å². The summed E-state index contributed by atoms with van der Waals surface area (Å²) in [6, 6.07) is 6.59. The topological polar surface area (TPSA) is 58.6 Å². The molecule has 1 aromatic carbocycles. The number of piperidine rings is 1. The molecule has 1 aliphatic rings. The van der Waals surface area contributed by atoms with Crippen molar-refractivity contribution in [1.29, 1.82) is 0 Å². The van der Waals surface area contributed by atoms with Crippen LogP contribution in [-0.4, -0.2) is 43.0 Å². The summed E-state index contributed by atoms with van der Waals surface area (Å²) in [7, 11) is 1.54. The van der Waals surface area contributed by atoms with Crippen LogP contribution in [0.2, 0.25) is 0 Å². The Kier molecular flexibility index (Phi) is 6.64. The van der Waals surface area contributed by atoms with Gasteiger partial charge in [-0.3, -0.25) is 9.59 Å². The number of hydrogen-bond donors (Lipinski definition) is 1. The summed E-state index contributed by atoms with van der Waals surface area (Å²) in [4.78, 5) is 27.4. The Hall–Kier alpha value is -2.04. The summed E-state index contributed by atoms with van der Waals surface area (Å²) in [6.07, 6.45) is 3.89. The van der Waals surface area contributed by atoms with Crippen molar-refractivity contribution >= 4 is 11.8 Å². The van der Waals surface area contributed by atoms with Gasteiger partial charge in [-0.05, 0) is 43.7 Å². The molecule has 1 fully saturated rings. The van der Waals surface area contributed by atoms with Gasteiger partial charge in [-0.1, -0.05) is 26.0 Å². The first-order chi connectivity index (χ1) is 11.5. The molecule has 1 aliphatic heterocycles. The first-order valence-electron chi connectivity index (χ1n) is 8.75. The minimum atomic E-state index is -0.486. The van der Waals surface area contributed by atoms with Gasteiger partial charge in [-0.2, -0.15) is 0 Å². The largest absolute Gasteiger partial charge is 0.496 e. The number of methoxy groups -OCH3 is 1. The zero-order chi connectivity index (χ0) is 17.5. The maximum absolute atomic E-state index is 12.8. The van der Waals surface area contributed by atoms with Crippen LogP contribution in [0.4, 0.5) is 0 Å². The summed E-state index contributed by atoms with van der Waals surface area (Å²) in [5.74, 6) is 0.612. The normalized spacial score (nSPS) is 15.9. The molecule has 0 spiro atoms. The summed E-state index contributed by atoms with van der Waals surface area (Å²) in [6.45, 7) is 5.70. The van der Waals surface area contributed by atoms with Gasteiger partial charge in [-0.15, -0.1) is 0 Å². The molecule has 5 nitrogen and oxygen atoms in total. The van der Waals surface area contributed by atoms with E-state index in [0.717, 1.165) is 25.9 Å². The molecule has 0 saturated carbocycles. The highest BCUT2D eigenvalue weighted by Gasteiger charge is 2.28. The molecule has 2 amide bonds. The summed E-state index contributed by atoms with van der Waals surface area (Å²) in [5, 5.41) is 2.93. The van der Waals surface area contributed by atoms with Crippen molar-refractivity contribution in [3.63, 3.8) is 0 Å². The fraction of sp³-hybridized carbons (Fsp3) is 0.579. The number of likely N-dealkylation sites (tertiary alicyclic amines) is 1. The third kappa shape index (κ3) is 4.73. The van der Waals surface area contributed by atoms with Crippen molar-refractivity contribution in [2.75, 3.05) is 20.2 Å². The van der Waals surface area contributed by atoms with Crippen LogP contribution < -0.4 is 10.1 Å². The number of para-hydroxylation sites is 1. The van der Waals surface area contributed by atoms with Gasteiger partial charge in [-0.25, -0.2) is 0 Å². The number of nitrogens with zero attached hydrogens (tertiary/aromatic N) is 1. The van der Waals surface area contributed by atoms with Gasteiger partial charge in [0, 0.05) is 13.1 Å². The lowest BCUT2D eigenvalue weighted by Crippen LogP contribution is -2.50. The number of carbonyl (C=O) groups excluding carboxylic acids is 2. The first-order valence-corrected chi connectivity index (χ1v) is 8.75. The van der Waals surface area contributed by atoms with Gasteiger partial charge in [0.15, 0.2) is 0 Å². The molecule has 0 unspecified atom stereocenters. The SMILES string of the molecule is COc1ccccc1C(=O)N[C@H](CC(C)C)C(=O)N1CCCCC1. The van der Waals surface area contributed by atoms with Gasteiger partial charge in [0.25, 0.3) is 5.91 Å². The Labute approximate surface area is 144 Å². The highest BCUT2D eigenvalue weighted by molar-refractivity contribution is 5.99. The van der Waals surface area contributed by atoms with E-state index in [2.05, 4.69) is 19.2 Å². The van der Waals surface area contributed by atoms with Crippen LogP contribution >= 0.6 is 0 Å². The van der Waals surface area contributed by atoms with Crippen molar-refractivity contribution in [3.05, 3.63) is 29.8 Å². The quantitative estimate of drug-likeness (QED) is 0.871. The van der Waals surface area contributed by atoms with Crippen molar-refractivity contribution in [2.45, 2.75) is 45.6 Å². The Balaban J connectivity index is 2.12. The Bertz CT molecular complexity index is 565. The van der Waals surface area contributed by atoms with Gasteiger partial charge in [0.1, 0.15) is 11.8 Å². The predicted octanol–water partition coefficient (Wildman–Crippen LogP) is 2.85. The van der Waals surface area contributed by atoms with E-state index in [1.54, 1.807) is 18.2 Å². The van der Waals surface area contributed by atoms with Crippen LogP contribution in [0, 0.1) is 5.92 Å². The molecule has 24 heavy (non-hydrogen) atoms. The van der Waals surface area contributed by atoms with Crippen molar-refractivity contribution in [2.24, 2.45) is 5.92 Å². The van der Waals surface area contributed by atoms with E-state index >= 15 is 0 Å². The maximum Gasteiger partial charge on any atom is 0.255 e. The summed E-state index contributed by atoms with van der Waals surface area (Å²) >= 11 is 0. The Morgan fingerprint density at radius 2 is 1.83 bits per heavy atom. The summed E-state index contributed by atoms with van der Waals surface area (Å²) in [5.41, 5.74) is 0.459. The van der Waals surface area contributed by atoms with E-state index < -0.39 is 6.04 Å². The molecule has 1 N–H and O–H groups in total. The van der Waals surface area contributed by atoms with Crippen molar-refractivity contribution in [1.82, 2.24) is 10.2 Å². The number of carbonyl (C=O) groups is 2. The second kappa shape index (κ2) is 8.71. The molecule has 132 valence electrons. The van der Waals surface area contributed by atoms with Crippen LogP contribution in [0.25, 0.3) is 0 Å². The molecule has 2 rings (SSSR count). The lowest BCUT2D eigenvalue weighted by atomic mass is 10.0. The molecule has 1 atom stereocenters. The lowest BCUT2D eigenvalue weighted by Gasteiger charge is -2.31. The monoisotopic (exact) mass is 332 g/mol. The van der Waals surface area contributed by atoms with E-state index in [1.165, 1.54) is 13.5 Å². The molecular formula is C19H28N2O3. The second-order valence-corrected chi connectivity index (χ2v) is 6.74. The van der Waals surface area contributed by atoms with Crippen LogP contribution in [0.3, 0.4) is 0 Å². The maximum atomic E-state index is 12.8. The molecule has 1 saturated heterocycles. The lowest BCUT2D eigenvalue weighted by molar-refractivity contribution is -0.134. The minimum absolute atomic E-state index is 0.0339. The Morgan fingerprint density at radius 1 is 1.17 bits per heavy atom. The molecule has 1 heterocycles. The van der Waals surface area contributed by atoms with Crippen LogP contribution in [0.5, 0.6) is 5.75 Å². The number of ether oxygens (including phenoxy) is 1. The zero-order valence-electron chi connectivity index (χ0n) is 14.9. The standard InChI is InChI=1S/C19H28N2O3/c1-14(2)13-16(19(23)21-11-7-4-8-12-21)20-18(22)15-9-5-6-10-17(15)24-3/h5-6,9-10,14,16H,4,7-8,11-13H2,1-3H3,(H,20,22)/t16-/m1/s1. The van der Waals surface area contributed by atoms with Crippen LogP contribution in [0.15, 0.2) is 24.3 Å². The highest BCUT2D eigenvalue weighted by Crippen LogP contribution is 2.19. The van der Waals surface area contributed by atoms with Crippen LogP contribution in [-0.2, 0) is 4.79 Å². The number of benzene rings is 1. The molecule has 0 bridgehead atoms. The molecule has 1 aromatic rings. The second-order valence-electron chi connectivity index (χ2n) is 6.74. The van der Waals surface area contributed by atoms with E-state index in [4.69, 9.17) is 4.74 Å². The molecule has 5 heteroatoms. The fourth-order valence-corrected chi connectivity index (χ4v) is 3.10. The van der Waals surface area contributed by atoms with Gasteiger partial charge in [0.05, 0.1) is 12.7 Å². The minimum Gasteiger partial charge on any atom is -0.496 e. The van der Waals surface area contributed by atoms with Crippen molar-refractivity contribution < 1.29 is 14.3 Å². The number of nitrogens with one attached hydrogen (secondary N) is 1. The third-order valence-electron chi connectivity index (χ3n) is 4.33. The number of rotatable bonds is 6. The zero-order valence-corrected chi connectivity index (χ0v) is 14.9. The van der Waals surface area contributed by atoms with E-state index in [1.807, 2.05) is 11.0 Å². The van der Waals surface area contributed by atoms with Gasteiger partial charge in [0.2, 0.25) is 5.91 Å². The summed E-state index contributed by atoms with van der Waals surface area (Å²) < 4.78 is 5.25. The Morgan fingerprint density at radius 3 is 2.46 bits per heavy atom. The fourth-order valence-electron chi connectivity index (χ4n) is 3.10. The molecular weight excluding hydrogens is 304 g/mol. The van der Waals surface area contributed by atoms with Gasteiger partial charge < -0.3 is 15.0 Å². The predicted molar refractivity (Wildman–Crippen MR) is 94.1 cm³/mol. The smallest absolute Gasteiger partial charge is 0.255 e. The average Bonchev–Trinajstić information content (AvgIpc) is 2.60. The number of amides is 2. The van der Waals surface area contributed by atoms with Gasteiger partial charge >= 0.3 is 0 Å². The third-order valence-corrected chi connectivity index (χ3v) is 4.33. The average molecular weight is 332 g/mol. The van der Waals surface area contributed by atoms with E-state index in [9.17, 15) is 9.59 Å². The molecule has 0 aliphatic carbocycles. The molecule has 0 radical (unpaired) electrons.